The van der Waals surface area contributed by atoms with Gasteiger partial charge in [0.2, 0.25) is 0 Å². The highest BCUT2D eigenvalue weighted by molar-refractivity contribution is 5.69. The highest BCUT2D eigenvalue weighted by Gasteiger charge is 2.24. The highest BCUT2D eigenvalue weighted by Crippen LogP contribution is 2.26. The molecule has 0 aromatic heterocycles. The summed E-state index contributed by atoms with van der Waals surface area (Å²) < 4.78 is 10.1. The van der Waals surface area contributed by atoms with E-state index in [1.807, 2.05) is 0 Å². The van der Waals surface area contributed by atoms with E-state index >= 15 is 0 Å². The third-order valence-electron chi connectivity index (χ3n) is 2.73. The summed E-state index contributed by atoms with van der Waals surface area (Å²) in [5, 5.41) is 0. The van der Waals surface area contributed by atoms with E-state index in [9.17, 15) is 4.79 Å². The molecule has 1 aliphatic heterocycles. The fourth-order valence-corrected chi connectivity index (χ4v) is 1.48. The summed E-state index contributed by atoms with van der Waals surface area (Å²) >= 11 is 0. The van der Waals surface area contributed by atoms with Gasteiger partial charge in [0.15, 0.2) is 0 Å². The highest BCUT2D eigenvalue weighted by atomic mass is 16.6. The molecule has 1 fully saturated rings. The van der Waals surface area contributed by atoms with Crippen molar-refractivity contribution in [1.82, 2.24) is 0 Å². The molecule has 88 valence electrons. The standard InChI is InChI=1S/C11H21NO3/c1-11(2,5-6-12)4-3-10(13)15-9-7-14-8-9/h9H,3-8,12H2,1-2H3. The lowest BCUT2D eigenvalue weighted by atomic mass is 9.84. The molecule has 0 unspecified atom stereocenters. The molecule has 1 heterocycles. The first-order valence-corrected chi connectivity index (χ1v) is 5.51. The summed E-state index contributed by atoms with van der Waals surface area (Å²) in [5.41, 5.74) is 5.63. The molecule has 4 nitrogen and oxygen atoms in total. The Bertz CT molecular complexity index is 212. The van der Waals surface area contributed by atoms with E-state index in [4.69, 9.17) is 15.2 Å². The Morgan fingerprint density at radius 2 is 2.13 bits per heavy atom. The van der Waals surface area contributed by atoms with Crippen molar-refractivity contribution >= 4 is 5.97 Å². The maximum absolute atomic E-state index is 11.4. The Balaban J connectivity index is 2.14. The van der Waals surface area contributed by atoms with Gasteiger partial charge in [-0.05, 0) is 24.8 Å². The van der Waals surface area contributed by atoms with Crippen molar-refractivity contribution in [1.29, 1.82) is 0 Å². The molecule has 0 aromatic rings. The smallest absolute Gasteiger partial charge is 0.306 e. The third kappa shape index (κ3) is 4.62. The lowest BCUT2D eigenvalue weighted by Gasteiger charge is -2.27. The summed E-state index contributed by atoms with van der Waals surface area (Å²) in [6.45, 7) is 6.02. The van der Waals surface area contributed by atoms with Gasteiger partial charge >= 0.3 is 5.97 Å². The van der Waals surface area contributed by atoms with Gasteiger partial charge in [-0.2, -0.15) is 0 Å². The minimum absolute atomic E-state index is 0.00452. The molecule has 1 rings (SSSR count). The van der Waals surface area contributed by atoms with E-state index in [1.165, 1.54) is 0 Å². The normalized spacial score (nSPS) is 17.3. The predicted molar refractivity (Wildman–Crippen MR) is 57.4 cm³/mol. The number of ether oxygens (including phenoxy) is 2. The fraction of sp³-hybridized carbons (Fsp3) is 0.909. The molecular formula is C11H21NO3. The molecule has 0 aliphatic carbocycles. The molecule has 1 saturated heterocycles. The summed E-state index contributed by atoms with van der Waals surface area (Å²) in [6, 6.07) is 0. The molecule has 15 heavy (non-hydrogen) atoms. The number of carbonyl (C=O) groups is 1. The number of rotatable bonds is 6. The summed E-state index contributed by atoms with van der Waals surface area (Å²) in [6.07, 6.45) is 2.24. The van der Waals surface area contributed by atoms with Crippen LogP contribution >= 0.6 is 0 Å². The first-order valence-electron chi connectivity index (χ1n) is 5.51. The first kappa shape index (κ1) is 12.5. The first-order chi connectivity index (χ1) is 7.03. The van der Waals surface area contributed by atoms with Crippen molar-refractivity contribution in [2.24, 2.45) is 11.1 Å². The van der Waals surface area contributed by atoms with Crippen LogP contribution in [0.5, 0.6) is 0 Å². The Morgan fingerprint density at radius 3 is 2.60 bits per heavy atom. The van der Waals surface area contributed by atoms with E-state index in [0.717, 1.165) is 12.8 Å². The van der Waals surface area contributed by atoms with Crippen molar-refractivity contribution in [3.05, 3.63) is 0 Å². The van der Waals surface area contributed by atoms with Gasteiger partial charge in [0.25, 0.3) is 0 Å². The number of hydrogen-bond donors (Lipinski definition) is 1. The predicted octanol–water partition coefficient (Wildman–Crippen LogP) is 1.08. The lowest BCUT2D eigenvalue weighted by Crippen LogP contribution is -2.38. The molecule has 0 amide bonds. The molecule has 1 aliphatic rings. The average molecular weight is 215 g/mol. The monoisotopic (exact) mass is 215 g/mol. The second kappa shape index (κ2) is 5.47. The van der Waals surface area contributed by atoms with E-state index in [1.54, 1.807) is 0 Å². The van der Waals surface area contributed by atoms with Gasteiger partial charge < -0.3 is 15.2 Å². The van der Waals surface area contributed by atoms with Crippen LogP contribution in [0.25, 0.3) is 0 Å². The molecule has 0 aromatic carbocycles. The molecule has 0 bridgehead atoms. The zero-order chi connectivity index (χ0) is 11.3. The van der Waals surface area contributed by atoms with Crippen molar-refractivity contribution in [2.75, 3.05) is 19.8 Å². The SMILES string of the molecule is CC(C)(CCN)CCC(=O)OC1COC1. The summed E-state index contributed by atoms with van der Waals surface area (Å²) in [7, 11) is 0. The Hall–Kier alpha value is -0.610. The van der Waals surface area contributed by atoms with Crippen LogP contribution in [0.1, 0.15) is 33.1 Å². The van der Waals surface area contributed by atoms with E-state index in [0.29, 0.717) is 26.2 Å². The van der Waals surface area contributed by atoms with Crippen LogP contribution in [0.3, 0.4) is 0 Å². The van der Waals surface area contributed by atoms with Crippen LogP contribution < -0.4 is 5.73 Å². The quantitative estimate of drug-likeness (QED) is 0.674. The van der Waals surface area contributed by atoms with Gasteiger partial charge in [-0.25, -0.2) is 0 Å². The largest absolute Gasteiger partial charge is 0.457 e. The van der Waals surface area contributed by atoms with Gasteiger partial charge in [-0.1, -0.05) is 13.8 Å². The molecular weight excluding hydrogens is 194 g/mol. The summed E-state index contributed by atoms with van der Waals surface area (Å²) in [4.78, 5) is 11.4. The maximum atomic E-state index is 11.4. The van der Waals surface area contributed by atoms with Crippen LogP contribution in [0.15, 0.2) is 0 Å². The van der Waals surface area contributed by atoms with Crippen LogP contribution in [0.2, 0.25) is 0 Å². The topological polar surface area (TPSA) is 61.6 Å². The minimum atomic E-state index is -0.117. The Kier molecular flexibility index (Phi) is 4.54. The minimum Gasteiger partial charge on any atom is -0.457 e. The van der Waals surface area contributed by atoms with Gasteiger partial charge in [0.05, 0.1) is 13.2 Å². The van der Waals surface area contributed by atoms with Gasteiger partial charge in [0.1, 0.15) is 6.10 Å². The van der Waals surface area contributed by atoms with Gasteiger partial charge in [0, 0.05) is 6.42 Å². The second-order valence-corrected chi connectivity index (χ2v) is 4.85. The molecule has 0 radical (unpaired) electrons. The molecule has 0 spiro atoms. The van der Waals surface area contributed by atoms with Crippen molar-refractivity contribution < 1.29 is 14.3 Å². The van der Waals surface area contributed by atoms with Crippen molar-refractivity contribution in [3.8, 4) is 0 Å². The van der Waals surface area contributed by atoms with Crippen LogP contribution in [0.4, 0.5) is 0 Å². The van der Waals surface area contributed by atoms with Gasteiger partial charge in [-0.15, -0.1) is 0 Å². The van der Waals surface area contributed by atoms with E-state index < -0.39 is 0 Å². The van der Waals surface area contributed by atoms with Crippen LogP contribution in [-0.4, -0.2) is 31.8 Å². The number of carbonyl (C=O) groups excluding carboxylic acids is 1. The number of hydrogen-bond acceptors (Lipinski definition) is 4. The lowest BCUT2D eigenvalue weighted by molar-refractivity contribution is -0.172. The molecule has 2 N–H and O–H groups in total. The van der Waals surface area contributed by atoms with Crippen LogP contribution in [0, 0.1) is 5.41 Å². The number of esters is 1. The Morgan fingerprint density at radius 1 is 1.47 bits per heavy atom. The van der Waals surface area contributed by atoms with E-state index in [-0.39, 0.29) is 17.5 Å². The van der Waals surface area contributed by atoms with Crippen molar-refractivity contribution in [3.63, 3.8) is 0 Å². The Labute approximate surface area is 91.1 Å². The third-order valence-corrected chi connectivity index (χ3v) is 2.73. The van der Waals surface area contributed by atoms with E-state index in [2.05, 4.69) is 13.8 Å². The van der Waals surface area contributed by atoms with Crippen molar-refractivity contribution in [2.45, 2.75) is 39.2 Å². The maximum Gasteiger partial charge on any atom is 0.306 e. The zero-order valence-electron chi connectivity index (χ0n) is 9.62. The summed E-state index contributed by atoms with van der Waals surface area (Å²) in [5.74, 6) is -0.117. The number of nitrogens with two attached hydrogens (primary N) is 1. The zero-order valence-corrected chi connectivity index (χ0v) is 9.62. The fourth-order valence-electron chi connectivity index (χ4n) is 1.48. The second-order valence-electron chi connectivity index (χ2n) is 4.85. The molecule has 0 atom stereocenters. The van der Waals surface area contributed by atoms with Crippen LogP contribution in [-0.2, 0) is 14.3 Å². The average Bonchev–Trinajstić information content (AvgIpc) is 2.08. The molecule has 0 saturated carbocycles. The molecule has 4 heteroatoms. The van der Waals surface area contributed by atoms with Gasteiger partial charge in [-0.3, -0.25) is 4.79 Å².